The third-order valence-corrected chi connectivity index (χ3v) is 2.10. The van der Waals surface area contributed by atoms with Gasteiger partial charge < -0.3 is 29.8 Å². The number of aliphatic carboxylic acids is 2. The molecule has 0 spiro atoms. The van der Waals surface area contributed by atoms with E-state index in [1.165, 1.54) is 4.90 Å². The van der Waals surface area contributed by atoms with Gasteiger partial charge in [0.05, 0.1) is 32.6 Å². The zero-order valence-electron chi connectivity index (χ0n) is 9.94. The number of carboxylic acid groups (broad SMARTS) is 2. The predicted octanol–water partition coefficient (Wildman–Crippen LogP) is -4.06. The lowest BCUT2D eigenvalue weighted by Gasteiger charge is -2.26. The van der Waals surface area contributed by atoms with E-state index in [4.69, 9.17) is 5.11 Å². The Morgan fingerprint density at radius 3 is 1.56 bits per heavy atom. The summed E-state index contributed by atoms with van der Waals surface area (Å²) in [5, 5.41) is 27.6. The van der Waals surface area contributed by atoms with Gasteiger partial charge in [0.2, 0.25) is 0 Å². The second-order valence-electron chi connectivity index (χ2n) is 4.01. The van der Waals surface area contributed by atoms with Crippen molar-refractivity contribution in [3.8, 4) is 0 Å². The van der Waals surface area contributed by atoms with Gasteiger partial charge in [0.1, 0.15) is 5.54 Å². The molecule has 0 fully saturated rings. The molecule has 0 heterocycles. The van der Waals surface area contributed by atoms with Crippen LogP contribution in [0.1, 0.15) is 13.8 Å². The second-order valence-corrected chi connectivity index (χ2v) is 4.01. The molecule has 0 atom stereocenters. The number of quaternary nitrogens is 1. The molecule has 6 heteroatoms. The molecule has 2 N–H and O–H groups in total. The maximum absolute atomic E-state index is 9.41. The normalized spacial score (nSPS) is 11.1. The van der Waals surface area contributed by atoms with Gasteiger partial charge in [-0.2, -0.15) is 0 Å². The SMILES string of the molecule is C[NH+](C)C(C)(C)CO.O=C([O-])/C=C\C(=O)[O-]. The molecule has 0 aliphatic heterocycles. The van der Waals surface area contributed by atoms with Gasteiger partial charge in [-0.15, -0.1) is 0 Å². The summed E-state index contributed by atoms with van der Waals surface area (Å²) in [5.74, 6) is -3.09. The fraction of sp³-hybridized carbons (Fsp3) is 0.600. The van der Waals surface area contributed by atoms with Crippen LogP contribution in [0.3, 0.4) is 0 Å². The van der Waals surface area contributed by atoms with E-state index in [9.17, 15) is 19.8 Å². The van der Waals surface area contributed by atoms with Gasteiger partial charge >= 0.3 is 0 Å². The molecule has 0 aromatic heterocycles. The summed E-state index contributed by atoms with van der Waals surface area (Å²) in [5.41, 5.74) is 0.0139. The number of aliphatic hydroxyl groups is 1. The van der Waals surface area contributed by atoms with Gasteiger partial charge in [-0.05, 0) is 26.0 Å². The van der Waals surface area contributed by atoms with Crippen LogP contribution in [-0.2, 0) is 9.59 Å². The van der Waals surface area contributed by atoms with Crippen LogP contribution in [0.25, 0.3) is 0 Å². The molecule has 0 amide bonds. The van der Waals surface area contributed by atoms with Crippen LogP contribution in [0.2, 0.25) is 0 Å². The second kappa shape index (κ2) is 7.84. The number of likely N-dealkylation sites (N-methyl/N-ethyl adjacent to an activating group) is 1. The minimum atomic E-state index is -1.55. The average molecular weight is 232 g/mol. The van der Waals surface area contributed by atoms with E-state index < -0.39 is 11.9 Å². The van der Waals surface area contributed by atoms with Crippen LogP contribution in [0, 0.1) is 0 Å². The van der Waals surface area contributed by atoms with Crippen LogP contribution in [-0.4, -0.2) is 43.3 Å². The van der Waals surface area contributed by atoms with Crippen molar-refractivity contribution in [1.29, 1.82) is 0 Å². The average Bonchev–Trinajstić information content (AvgIpc) is 2.15. The molecule has 0 bridgehead atoms. The van der Waals surface area contributed by atoms with Crippen LogP contribution >= 0.6 is 0 Å². The van der Waals surface area contributed by atoms with E-state index in [-0.39, 0.29) is 12.1 Å². The van der Waals surface area contributed by atoms with Gasteiger partial charge in [-0.3, -0.25) is 0 Å². The molecule has 0 aromatic rings. The van der Waals surface area contributed by atoms with Crippen molar-refractivity contribution in [1.82, 2.24) is 0 Å². The summed E-state index contributed by atoms with van der Waals surface area (Å²) >= 11 is 0. The van der Waals surface area contributed by atoms with Gasteiger partial charge in [-0.25, -0.2) is 0 Å². The fourth-order valence-electron chi connectivity index (χ4n) is 0.294. The summed E-state index contributed by atoms with van der Waals surface area (Å²) in [6.07, 6.45) is 0.769. The molecular weight excluding hydrogens is 214 g/mol. The highest BCUT2D eigenvalue weighted by molar-refractivity contribution is 5.87. The molecule has 0 radical (unpaired) electrons. The standard InChI is InChI=1S/C6H15NO.C4H4O4/c1-6(2,5-8)7(3)4;5-3(6)1-2-4(7)8/h8H,5H2,1-4H3;1-2H,(H,5,6)(H,7,8)/p-1/b;2-1-. The maximum Gasteiger partial charge on any atom is 0.115 e. The van der Waals surface area contributed by atoms with E-state index >= 15 is 0 Å². The topological polar surface area (TPSA) is 105 Å². The third kappa shape index (κ3) is 10.7. The van der Waals surface area contributed by atoms with Crippen molar-refractivity contribution in [2.45, 2.75) is 19.4 Å². The Kier molecular flexibility index (Phi) is 8.33. The molecule has 0 saturated carbocycles. The Morgan fingerprint density at radius 1 is 1.19 bits per heavy atom. The first-order valence-electron chi connectivity index (χ1n) is 4.65. The molecule has 0 aliphatic carbocycles. The number of hydrogen-bond acceptors (Lipinski definition) is 5. The maximum atomic E-state index is 9.41. The largest absolute Gasteiger partial charge is 0.545 e. The van der Waals surface area contributed by atoms with Crippen molar-refractivity contribution in [3.05, 3.63) is 12.2 Å². The smallest absolute Gasteiger partial charge is 0.115 e. The van der Waals surface area contributed by atoms with Crippen molar-refractivity contribution < 1.29 is 29.8 Å². The van der Waals surface area contributed by atoms with Crippen molar-refractivity contribution >= 4 is 11.9 Å². The first kappa shape index (κ1) is 17.0. The van der Waals surface area contributed by atoms with E-state index in [0.29, 0.717) is 12.2 Å². The molecule has 16 heavy (non-hydrogen) atoms. The number of aliphatic hydroxyl groups excluding tert-OH is 1. The number of carbonyl (C=O) groups is 2. The Balaban J connectivity index is 0. The summed E-state index contributed by atoms with van der Waals surface area (Å²) in [4.78, 5) is 20.1. The van der Waals surface area contributed by atoms with Crippen molar-refractivity contribution in [2.75, 3.05) is 20.7 Å². The highest BCUT2D eigenvalue weighted by Gasteiger charge is 2.22. The van der Waals surface area contributed by atoms with Crippen LogP contribution < -0.4 is 15.1 Å². The minimum absolute atomic E-state index is 0.0139. The monoisotopic (exact) mass is 232 g/mol. The number of carbonyl (C=O) groups excluding carboxylic acids is 2. The van der Waals surface area contributed by atoms with Crippen molar-refractivity contribution in [3.63, 3.8) is 0 Å². The molecule has 0 aromatic carbocycles. The van der Waals surface area contributed by atoms with Crippen LogP contribution in [0.4, 0.5) is 0 Å². The molecule has 0 saturated heterocycles. The number of carboxylic acids is 2. The lowest BCUT2D eigenvalue weighted by atomic mass is 10.1. The molecule has 0 aliphatic rings. The summed E-state index contributed by atoms with van der Waals surface area (Å²) in [6, 6.07) is 0. The van der Waals surface area contributed by atoms with Crippen LogP contribution in [0.5, 0.6) is 0 Å². The van der Waals surface area contributed by atoms with E-state index in [0.717, 1.165) is 0 Å². The Bertz CT molecular complexity index is 242. The molecule has 0 unspecified atom stereocenters. The van der Waals surface area contributed by atoms with E-state index in [1.54, 1.807) is 0 Å². The highest BCUT2D eigenvalue weighted by atomic mass is 16.4. The Hall–Kier alpha value is -1.40. The lowest BCUT2D eigenvalue weighted by Crippen LogP contribution is -3.14. The van der Waals surface area contributed by atoms with Gasteiger partial charge in [0.15, 0.2) is 0 Å². The number of nitrogens with one attached hydrogen (secondary N) is 1. The summed E-state index contributed by atoms with van der Waals surface area (Å²) in [6.45, 7) is 4.31. The molecule has 94 valence electrons. The van der Waals surface area contributed by atoms with Gasteiger partial charge in [-0.1, -0.05) is 0 Å². The van der Waals surface area contributed by atoms with Gasteiger partial charge in [0, 0.05) is 0 Å². The fourth-order valence-corrected chi connectivity index (χ4v) is 0.294. The molecule has 0 rings (SSSR count). The van der Waals surface area contributed by atoms with Crippen LogP contribution in [0.15, 0.2) is 12.2 Å². The van der Waals surface area contributed by atoms with Crippen molar-refractivity contribution in [2.24, 2.45) is 0 Å². The minimum Gasteiger partial charge on any atom is -0.545 e. The highest BCUT2D eigenvalue weighted by Crippen LogP contribution is 1.90. The number of hydrogen-bond donors (Lipinski definition) is 2. The van der Waals surface area contributed by atoms with E-state index in [1.807, 2.05) is 27.9 Å². The zero-order valence-corrected chi connectivity index (χ0v) is 9.94. The Morgan fingerprint density at radius 2 is 1.50 bits per heavy atom. The molecular formula is C10H18NO5-. The van der Waals surface area contributed by atoms with E-state index in [2.05, 4.69) is 0 Å². The third-order valence-electron chi connectivity index (χ3n) is 2.10. The quantitative estimate of drug-likeness (QED) is 0.480. The zero-order chi connectivity index (χ0) is 13.4. The summed E-state index contributed by atoms with van der Waals surface area (Å²) < 4.78 is 0. The predicted molar refractivity (Wildman–Crippen MR) is 53.1 cm³/mol. The summed E-state index contributed by atoms with van der Waals surface area (Å²) in [7, 11) is 4.08. The first-order valence-corrected chi connectivity index (χ1v) is 4.65. The van der Waals surface area contributed by atoms with Gasteiger partial charge in [0.25, 0.3) is 0 Å². The lowest BCUT2D eigenvalue weighted by molar-refractivity contribution is -0.911. The first-order chi connectivity index (χ1) is 7.13. The Labute approximate surface area is 94.8 Å². The molecule has 6 nitrogen and oxygen atoms in total. The number of rotatable bonds is 4.